The van der Waals surface area contributed by atoms with Crippen molar-refractivity contribution in [2.75, 3.05) is 11.1 Å². The maximum Gasteiger partial charge on any atom is 0.253 e. The Morgan fingerprint density at radius 2 is 1.81 bits per heavy atom. The summed E-state index contributed by atoms with van der Waals surface area (Å²) < 4.78 is 15.3. The number of carbonyl (C=O) groups excluding carboxylic acids is 2. The third-order valence-electron chi connectivity index (χ3n) is 4.69. The lowest BCUT2D eigenvalue weighted by Crippen LogP contribution is -2.23. The Labute approximate surface area is 188 Å². The zero-order valence-electron chi connectivity index (χ0n) is 17.2. The van der Waals surface area contributed by atoms with Crippen molar-refractivity contribution in [1.82, 2.24) is 19.9 Å². The molecule has 0 aliphatic heterocycles. The van der Waals surface area contributed by atoms with Crippen molar-refractivity contribution >= 4 is 34.9 Å². The van der Waals surface area contributed by atoms with Crippen molar-refractivity contribution in [2.45, 2.75) is 18.6 Å². The molecule has 162 valence electrons. The van der Waals surface area contributed by atoms with E-state index in [1.54, 1.807) is 34.9 Å². The molecular formula is C23H20FN5O2S. The normalized spacial score (nSPS) is 10.8. The van der Waals surface area contributed by atoms with Crippen LogP contribution in [0.3, 0.4) is 0 Å². The molecule has 2 aromatic carbocycles. The number of nitrogens with one attached hydrogen (secondary N) is 2. The molecule has 0 saturated heterocycles. The van der Waals surface area contributed by atoms with E-state index in [-0.39, 0.29) is 23.3 Å². The number of aryl methyl sites for hydroxylation is 1. The molecule has 2 N–H and O–H groups in total. The topological polar surface area (TPSA) is 88.4 Å². The zero-order valence-corrected chi connectivity index (χ0v) is 18.0. The minimum atomic E-state index is -0.500. The fourth-order valence-electron chi connectivity index (χ4n) is 2.97. The number of para-hydroxylation sites is 1. The van der Waals surface area contributed by atoms with Crippen LogP contribution in [0.4, 0.5) is 10.1 Å². The average Bonchev–Trinajstić information content (AvgIpc) is 3.21. The second-order valence-electron chi connectivity index (χ2n) is 7.11. The highest BCUT2D eigenvalue weighted by atomic mass is 32.2. The fraction of sp³-hybridized carbons (Fsp3) is 0.130. The molecule has 0 fully saturated rings. The third kappa shape index (κ3) is 5.12. The average molecular weight is 450 g/mol. The molecule has 0 radical (unpaired) electrons. The van der Waals surface area contributed by atoms with Crippen molar-refractivity contribution in [2.24, 2.45) is 0 Å². The first-order chi connectivity index (χ1) is 15.5. The number of hydrogen-bond donors (Lipinski definition) is 2. The molecule has 32 heavy (non-hydrogen) atoms. The number of carbonyl (C=O) groups is 2. The fourth-order valence-corrected chi connectivity index (χ4v) is 3.69. The van der Waals surface area contributed by atoms with Crippen molar-refractivity contribution < 1.29 is 14.0 Å². The molecule has 7 nitrogen and oxygen atoms in total. The van der Waals surface area contributed by atoms with Crippen molar-refractivity contribution in [1.29, 1.82) is 0 Å². The standard InChI is InChI=1S/C23H20FN5O2S/c1-15-6-8-16(9-7-15)12-25-22(31)17-10-11-20-27-28-23(29(20)13-17)32-14-21(30)26-19-5-3-2-4-18(19)24/h2-11,13H,12,14H2,1H3,(H,25,31)(H,26,30). The van der Waals surface area contributed by atoms with E-state index in [4.69, 9.17) is 0 Å². The van der Waals surface area contributed by atoms with Crippen LogP contribution in [-0.4, -0.2) is 32.2 Å². The van der Waals surface area contributed by atoms with Gasteiger partial charge in [-0.2, -0.15) is 0 Å². The van der Waals surface area contributed by atoms with Crippen molar-refractivity contribution in [3.8, 4) is 0 Å². The Hall–Kier alpha value is -3.72. The SMILES string of the molecule is Cc1ccc(CNC(=O)c2ccc3nnc(SCC(=O)Nc4ccccc4F)n3c2)cc1. The quantitative estimate of drug-likeness (QED) is 0.419. The number of hydrogen-bond acceptors (Lipinski definition) is 5. The van der Waals surface area contributed by atoms with Crippen LogP contribution in [0.1, 0.15) is 21.5 Å². The van der Waals surface area contributed by atoms with Crippen LogP contribution in [0.15, 0.2) is 72.0 Å². The van der Waals surface area contributed by atoms with Gasteiger partial charge in [0.1, 0.15) is 5.82 Å². The van der Waals surface area contributed by atoms with Crippen LogP contribution in [0.2, 0.25) is 0 Å². The van der Waals surface area contributed by atoms with Crippen molar-refractivity contribution in [3.63, 3.8) is 0 Å². The minimum Gasteiger partial charge on any atom is -0.348 e. The first kappa shape index (κ1) is 21.5. The van der Waals surface area contributed by atoms with Crippen LogP contribution in [0, 0.1) is 12.7 Å². The summed E-state index contributed by atoms with van der Waals surface area (Å²) in [5.41, 5.74) is 3.29. The summed E-state index contributed by atoms with van der Waals surface area (Å²) in [6.07, 6.45) is 1.64. The van der Waals surface area contributed by atoms with Crippen LogP contribution < -0.4 is 10.6 Å². The molecule has 0 aliphatic carbocycles. The van der Waals surface area contributed by atoms with Crippen LogP contribution in [0.25, 0.3) is 5.65 Å². The van der Waals surface area contributed by atoms with E-state index in [2.05, 4.69) is 20.8 Å². The maximum absolute atomic E-state index is 13.7. The van der Waals surface area contributed by atoms with Crippen LogP contribution in [0.5, 0.6) is 0 Å². The van der Waals surface area contributed by atoms with Gasteiger partial charge < -0.3 is 10.6 Å². The molecule has 0 aliphatic rings. The van der Waals surface area contributed by atoms with E-state index in [1.165, 1.54) is 12.1 Å². The Balaban J connectivity index is 1.40. The van der Waals surface area contributed by atoms with Gasteiger partial charge in [-0.15, -0.1) is 10.2 Å². The number of benzene rings is 2. The van der Waals surface area contributed by atoms with E-state index >= 15 is 0 Å². The molecule has 2 amide bonds. The van der Waals surface area contributed by atoms with Gasteiger partial charge in [0.2, 0.25) is 5.91 Å². The predicted octanol–water partition coefficient (Wildman–Crippen LogP) is 3.84. The summed E-state index contributed by atoms with van der Waals surface area (Å²) in [6.45, 7) is 2.42. The Morgan fingerprint density at radius 1 is 1.03 bits per heavy atom. The van der Waals surface area contributed by atoms with E-state index in [1.807, 2.05) is 31.2 Å². The number of aromatic nitrogens is 3. The summed E-state index contributed by atoms with van der Waals surface area (Å²) in [4.78, 5) is 24.8. The summed E-state index contributed by atoms with van der Waals surface area (Å²) >= 11 is 1.14. The number of anilines is 1. The van der Waals surface area contributed by atoms with E-state index in [9.17, 15) is 14.0 Å². The number of halogens is 1. The summed E-state index contributed by atoms with van der Waals surface area (Å²) in [7, 11) is 0. The molecule has 9 heteroatoms. The minimum absolute atomic E-state index is 0.0129. The lowest BCUT2D eigenvalue weighted by molar-refractivity contribution is -0.113. The summed E-state index contributed by atoms with van der Waals surface area (Å²) in [5, 5.41) is 14.0. The number of rotatable bonds is 7. The molecule has 2 heterocycles. The van der Waals surface area contributed by atoms with Gasteiger partial charge in [-0.25, -0.2) is 4.39 Å². The van der Waals surface area contributed by atoms with Crippen LogP contribution in [-0.2, 0) is 11.3 Å². The number of nitrogens with zero attached hydrogens (tertiary/aromatic N) is 3. The smallest absolute Gasteiger partial charge is 0.253 e. The molecule has 2 aromatic heterocycles. The largest absolute Gasteiger partial charge is 0.348 e. The summed E-state index contributed by atoms with van der Waals surface area (Å²) in [6, 6.07) is 17.3. The Bertz CT molecular complexity index is 1270. The summed E-state index contributed by atoms with van der Waals surface area (Å²) in [5.74, 6) is -1.09. The first-order valence-corrected chi connectivity index (χ1v) is 10.8. The van der Waals surface area contributed by atoms with E-state index < -0.39 is 5.82 Å². The lowest BCUT2D eigenvalue weighted by atomic mass is 10.1. The highest BCUT2D eigenvalue weighted by Gasteiger charge is 2.13. The van der Waals surface area contributed by atoms with Crippen LogP contribution >= 0.6 is 11.8 Å². The highest BCUT2D eigenvalue weighted by Crippen LogP contribution is 2.19. The van der Waals surface area contributed by atoms with Crippen molar-refractivity contribution in [3.05, 3.63) is 89.4 Å². The Kier molecular flexibility index (Phi) is 6.46. The van der Waals surface area contributed by atoms with Gasteiger partial charge in [-0.05, 0) is 36.8 Å². The number of amides is 2. The van der Waals surface area contributed by atoms with E-state index in [0.717, 1.165) is 22.9 Å². The monoisotopic (exact) mass is 449 g/mol. The second-order valence-corrected chi connectivity index (χ2v) is 8.06. The molecular weight excluding hydrogens is 429 g/mol. The van der Waals surface area contributed by atoms with Gasteiger partial charge >= 0.3 is 0 Å². The third-order valence-corrected chi connectivity index (χ3v) is 5.63. The van der Waals surface area contributed by atoms with Gasteiger partial charge in [0, 0.05) is 12.7 Å². The van der Waals surface area contributed by atoms with Gasteiger partial charge in [0.25, 0.3) is 5.91 Å². The lowest BCUT2D eigenvalue weighted by Gasteiger charge is -2.07. The maximum atomic E-state index is 13.7. The molecule has 0 bridgehead atoms. The van der Waals surface area contributed by atoms with Gasteiger partial charge in [-0.1, -0.05) is 53.7 Å². The number of thioether (sulfide) groups is 1. The zero-order chi connectivity index (χ0) is 22.5. The molecule has 0 spiro atoms. The molecule has 0 saturated carbocycles. The molecule has 0 unspecified atom stereocenters. The molecule has 4 rings (SSSR count). The van der Waals surface area contributed by atoms with Gasteiger partial charge in [0.05, 0.1) is 17.0 Å². The molecule has 0 atom stereocenters. The number of pyridine rings is 1. The van der Waals surface area contributed by atoms with E-state index in [0.29, 0.717) is 22.9 Å². The first-order valence-electron chi connectivity index (χ1n) is 9.85. The van der Waals surface area contributed by atoms with Gasteiger partial charge in [-0.3, -0.25) is 14.0 Å². The number of fused-ring (bicyclic) bond motifs is 1. The van der Waals surface area contributed by atoms with Gasteiger partial charge in [0.15, 0.2) is 10.8 Å². The predicted molar refractivity (Wildman–Crippen MR) is 121 cm³/mol. The molecule has 4 aromatic rings. The second kappa shape index (κ2) is 9.61. The Morgan fingerprint density at radius 3 is 2.59 bits per heavy atom. The highest BCUT2D eigenvalue weighted by molar-refractivity contribution is 7.99.